The number of nitrogens with one attached hydrogen (secondary N) is 4. The number of amides is 2. The zero-order valence-corrected chi connectivity index (χ0v) is 23.2. The maximum absolute atomic E-state index is 12.3. The van der Waals surface area contributed by atoms with Crippen LogP contribution >= 0.6 is 0 Å². The van der Waals surface area contributed by atoms with E-state index in [-0.39, 0.29) is 23.7 Å². The highest BCUT2D eigenvalue weighted by molar-refractivity contribution is 6.01. The van der Waals surface area contributed by atoms with Crippen LogP contribution in [0, 0.1) is 0 Å². The summed E-state index contributed by atoms with van der Waals surface area (Å²) in [5.74, 6) is 5.53. The molecule has 0 saturated heterocycles. The molecule has 8 N–H and O–H groups in total. The van der Waals surface area contributed by atoms with Crippen LogP contribution in [0.3, 0.4) is 0 Å². The van der Waals surface area contributed by atoms with Gasteiger partial charge in [0.1, 0.15) is 0 Å². The lowest BCUT2D eigenvalue weighted by molar-refractivity contribution is 0.0512. The first-order chi connectivity index (χ1) is 19.5. The van der Waals surface area contributed by atoms with Gasteiger partial charge in [0, 0.05) is 29.9 Å². The number of carbonyl (C=O) groups excluding carboxylic acids is 2. The van der Waals surface area contributed by atoms with Crippen molar-refractivity contribution in [3.8, 4) is 0 Å². The minimum atomic E-state index is -0.132. The Kier molecular flexibility index (Phi) is 16.1. The van der Waals surface area contributed by atoms with Crippen molar-refractivity contribution in [2.75, 3.05) is 51.4 Å². The van der Waals surface area contributed by atoms with E-state index in [2.05, 4.69) is 38.3 Å². The number of guanidine groups is 2. The van der Waals surface area contributed by atoms with Crippen molar-refractivity contribution in [2.24, 2.45) is 21.6 Å². The Morgan fingerprint density at radius 1 is 0.800 bits per heavy atom. The van der Waals surface area contributed by atoms with E-state index in [4.69, 9.17) is 21.1 Å². The summed E-state index contributed by atoms with van der Waals surface area (Å²) in [5, 5.41) is 8.71. The van der Waals surface area contributed by atoms with E-state index in [1.54, 1.807) is 36.4 Å². The number of unbranched alkanes of at least 4 members (excludes halogenated alkanes) is 3. The zero-order chi connectivity index (χ0) is 28.8. The van der Waals surface area contributed by atoms with Gasteiger partial charge in [0.05, 0.1) is 33.0 Å². The Labute approximate surface area is 236 Å². The van der Waals surface area contributed by atoms with Gasteiger partial charge in [-0.2, -0.15) is 4.99 Å². The monoisotopic (exact) mass is 554 g/mol. The van der Waals surface area contributed by atoms with Crippen molar-refractivity contribution in [2.45, 2.75) is 32.6 Å². The molecular formula is C28H42N8O4. The van der Waals surface area contributed by atoms with Gasteiger partial charge in [0.15, 0.2) is 0 Å². The van der Waals surface area contributed by atoms with Crippen LogP contribution in [-0.2, 0) is 9.47 Å². The number of aliphatic imine (C=N–C) groups is 2. The maximum Gasteiger partial charge on any atom is 0.251 e. The number of nitrogens with zero attached hydrogens (tertiary/aromatic N) is 2. The van der Waals surface area contributed by atoms with Gasteiger partial charge in [-0.25, -0.2) is 10.8 Å². The molecule has 0 unspecified atom stereocenters. The zero-order valence-electron chi connectivity index (χ0n) is 23.2. The molecule has 0 saturated carbocycles. The van der Waals surface area contributed by atoms with Crippen molar-refractivity contribution < 1.29 is 19.1 Å². The van der Waals surface area contributed by atoms with Crippen LogP contribution in [0.5, 0.6) is 0 Å². The molecule has 218 valence electrons. The largest absolute Gasteiger partial charge is 0.377 e. The molecule has 0 aliphatic heterocycles. The standard InChI is InChI=1S/C28H42N8O4/c1-2-3-4-8-15-31-26(38)23-11-13-24(14-12-23)34-28(36-30)35-27(29)33-17-19-40-21-20-39-18-16-32-25(37)22-9-6-5-7-10-22/h5-7,9-14H,2-4,8,15-21,30H2,1H3,(H,31,38)(H,32,37)(H4,29,33,34,35,36). The average molecular weight is 555 g/mol. The maximum atomic E-state index is 12.3. The molecule has 0 aliphatic carbocycles. The lowest BCUT2D eigenvalue weighted by Crippen LogP contribution is -2.37. The molecule has 2 rings (SSSR count). The Morgan fingerprint density at radius 2 is 1.45 bits per heavy atom. The molecule has 0 radical (unpaired) electrons. The summed E-state index contributed by atoms with van der Waals surface area (Å²) in [4.78, 5) is 32.4. The Bertz CT molecular complexity index is 1060. The van der Waals surface area contributed by atoms with E-state index in [1.165, 1.54) is 6.42 Å². The van der Waals surface area contributed by atoms with Gasteiger partial charge in [0.2, 0.25) is 11.9 Å². The molecule has 0 atom stereocenters. The van der Waals surface area contributed by atoms with Gasteiger partial charge in [0.25, 0.3) is 11.8 Å². The summed E-state index contributed by atoms with van der Waals surface area (Å²) >= 11 is 0. The summed E-state index contributed by atoms with van der Waals surface area (Å²) in [6.45, 7) is 5.05. The van der Waals surface area contributed by atoms with E-state index in [9.17, 15) is 9.59 Å². The van der Waals surface area contributed by atoms with Crippen LogP contribution in [-0.4, -0.2) is 69.8 Å². The Hall–Kier alpha value is -4.00. The SMILES string of the molecule is CCCCCCNC(=O)c1ccc(NC(=NC(N)=NCCOCCOCCNC(=O)c2ccccc2)NN)cc1. The van der Waals surface area contributed by atoms with Crippen molar-refractivity contribution in [1.29, 1.82) is 0 Å². The van der Waals surface area contributed by atoms with E-state index in [0.717, 1.165) is 19.3 Å². The molecule has 0 fully saturated rings. The number of anilines is 1. The van der Waals surface area contributed by atoms with E-state index in [1.807, 2.05) is 18.2 Å². The van der Waals surface area contributed by atoms with Crippen LogP contribution < -0.4 is 33.0 Å². The molecule has 0 spiro atoms. The fourth-order valence-corrected chi connectivity index (χ4v) is 3.42. The van der Waals surface area contributed by atoms with Crippen molar-refractivity contribution in [3.05, 3.63) is 65.7 Å². The lowest BCUT2D eigenvalue weighted by atomic mass is 10.2. The fourth-order valence-electron chi connectivity index (χ4n) is 3.42. The second-order valence-electron chi connectivity index (χ2n) is 8.71. The lowest BCUT2D eigenvalue weighted by Gasteiger charge is -2.10. The third kappa shape index (κ3) is 13.7. The smallest absolute Gasteiger partial charge is 0.251 e. The summed E-state index contributed by atoms with van der Waals surface area (Å²) < 4.78 is 10.9. The highest BCUT2D eigenvalue weighted by Gasteiger charge is 2.06. The Balaban J connectivity index is 1.60. The van der Waals surface area contributed by atoms with E-state index < -0.39 is 0 Å². The molecule has 2 aromatic rings. The minimum absolute atomic E-state index is 0.0218. The number of hydrogen-bond acceptors (Lipinski definition) is 6. The minimum Gasteiger partial charge on any atom is -0.377 e. The molecule has 0 heterocycles. The molecule has 2 amide bonds. The summed E-state index contributed by atoms with van der Waals surface area (Å²) in [7, 11) is 0. The topological polar surface area (TPSA) is 177 Å². The van der Waals surface area contributed by atoms with Crippen LogP contribution in [0.25, 0.3) is 0 Å². The van der Waals surface area contributed by atoms with Crippen LogP contribution in [0.15, 0.2) is 64.6 Å². The molecule has 0 aliphatic rings. The quantitative estimate of drug-likeness (QED) is 0.0565. The van der Waals surface area contributed by atoms with Crippen molar-refractivity contribution in [1.82, 2.24) is 16.1 Å². The molecule has 40 heavy (non-hydrogen) atoms. The molecule has 2 aromatic carbocycles. The number of hydrazine groups is 1. The second-order valence-corrected chi connectivity index (χ2v) is 8.71. The first-order valence-corrected chi connectivity index (χ1v) is 13.5. The number of ether oxygens (including phenoxy) is 2. The van der Waals surface area contributed by atoms with Gasteiger partial charge < -0.3 is 31.2 Å². The second kappa shape index (κ2) is 20.0. The van der Waals surface area contributed by atoms with Gasteiger partial charge in [-0.05, 0) is 42.8 Å². The predicted molar refractivity (Wildman–Crippen MR) is 158 cm³/mol. The van der Waals surface area contributed by atoms with Gasteiger partial charge in [-0.15, -0.1) is 0 Å². The highest BCUT2D eigenvalue weighted by Crippen LogP contribution is 2.09. The van der Waals surface area contributed by atoms with Gasteiger partial charge >= 0.3 is 0 Å². The molecule has 0 bridgehead atoms. The Morgan fingerprint density at radius 3 is 2.12 bits per heavy atom. The highest BCUT2D eigenvalue weighted by atomic mass is 16.5. The van der Waals surface area contributed by atoms with Crippen LogP contribution in [0.4, 0.5) is 5.69 Å². The predicted octanol–water partition coefficient (Wildman–Crippen LogP) is 2.01. The number of nitrogens with two attached hydrogens (primary N) is 2. The number of hydrogen-bond donors (Lipinski definition) is 6. The van der Waals surface area contributed by atoms with E-state index >= 15 is 0 Å². The normalized spacial score (nSPS) is 11.7. The average Bonchev–Trinajstić information content (AvgIpc) is 2.98. The molecule has 0 aromatic heterocycles. The van der Waals surface area contributed by atoms with Gasteiger partial charge in [-0.3, -0.25) is 15.0 Å². The van der Waals surface area contributed by atoms with Gasteiger partial charge in [-0.1, -0.05) is 44.4 Å². The fraction of sp³-hybridized carbons (Fsp3) is 0.429. The van der Waals surface area contributed by atoms with Crippen molar-refractivity contribution >= 4 is 29.4 Å². The summed E-state index contributed by atoms with van der Waals surface area (Å²) in [5.41, 5.74) is 10.2. The van der Waals surface area contributed by atoms with Crippen molar-refractivity contribution in [3.63, 3.8) is 0 Å². The molecule has 12 nitrogen and oxygen atoms in total. The number of carbonyl (C=O) groups is 2. The first kappa shape index (κ1) is 32.2. The summed E-state index contributed by atoms with van der Waals surface area (Å²) in [6, 6.07) is 15.9. The third-order valence-corrected chi connectivity index (χ3v) is 5.54. The number of benzene rings is 2. The summed E-state index contributed by atoms with van der Waals surface area (Å²) in [6.07, 6.45) is 4.42. The first-order valence-electron chi connectivity index (χ1n) is 13.5. The molecular weight excluding hydrogens is 512 g/mol. The van der Waals surface area contributed by atoms with Crippen LogP contribution in [0.1, 0.15) is 53.3 Å². The molecule has 12 heteroatoms. The van der Waals surface area contributed by atoms with E-state index in [0.29, 0.717) is 62.9 Å². The third-order valence-electron chi connectivity index (χ3n) is 5.54. The van der Waals surface area contributed by atoms with Crippen LogP contribution in [0.2, 0.25) is 0 Å². The number of rotatable bonds is 17.